The number of nitrogens with one attached hydrogen (secondary N) is 1. The molecule has 17 heavy (non-hydrogen) atoms. The Hall–Kier alpha value is -1.00. The molecule has 0 heterocycles. The molecule has 0 fully saturated rings. The van der Waals surface area contributed by atoms with Crippen LogP contribution in [0, 0.1) is 0 Å². The summed E-state index contributed by atoms with van der Waals surface area (Å²) in [5, 5.41) is 2.92. The van der Waals surface area contributed by atoms with E-state index in [9.17, 15) is 4.79 Å². The Morgan fingerprint density at radius 2 is 2.06 bits per heavy atom. The SMILES string of the molecule is NCCCSCC(=O)NCCc1ccccc1. The number of benzene rings is 1. The molecule has 0 aromatic heterocycles. The third kappa shape index (κ3) is 7.02. The van der Waals surface area contributed by atoms with E-state index in [4.69, 9.17) is 5.73 Å². The Kier molecular flexibility index (Phi) is 7.51. The first-order valence-electron chi connectivity index (χ1n) is 5.91. The van der Waals surface area contributed by atoms with Gasteiger partial charge in [-0.05, 0) is 30.7 Å². The van der Waals surface area contributed by atoms with Gasteiger partial charge in [0.2, 0.25) is 5.91 Å². The Balaban J connectivity index is 2.04. The van der Waals surface area contributed by atoms with Crippen LogP contribution in [0.4, 0.5) is 0 Å². The summed E-state index contributed by atoms with van der Waals surface area (Å²) < 4.78 is 0. The molecule has 0 atom stereocenters. The maximum absolute atomic E-state index is 11.4. The summed E-state index contributed by atoms with van der Waals surface area (Å²) in [6.07, 6.45) is 1.86. The maximum Gasteiger partial charge on any atom is 0.230 e. The summed E-state index contributed by atoms with van der Waals surface area (Å²) in [5.41, 5.74) is 6.63. The molecule has 0 unspecified atom stereocenters. The predicted molar refractivity (Wildman–Crippen MR) is 74.2 cm³/mol. The molecule has 0 spiro atoms. The molecule has 0 aliphatic rings. The standard InChI is InChI=1S/C13H20N2OS/c14-8-4-10-17-11-13(16)15-9-7-12-5-2-1-3-6-12/h1-3,5-6H,4,7-11,14H2,(H,15,16). The molecule has 0 aliphatic heterocycles. The Bertz CT molecular complexity index is 316. The van der Waals surface area contributed by atoms with E-state index in [1.54, 1.807) is 11.8 Å². The molecule has 0 radical (unpaired) electrons. The van der Waals surface area contributed by atoms with Gasteiger partial charge in [0.25, 0.3) is 0 Å². The zero-order valence-electron chi connectivity index (χ0n) is 10.0. The fraction of sp³-hybridized carbons (Fsp3) is 0.462. The molecule has 0 bridgehead atoms. The van der Waals surface area contributed by atoms with Crippen molar-refractivity contribution in [1.29, 1.82) is 0 Å². The summed E-state index contributed by atoms with van der Waals surface area (Å²) in [6, 6.07) is 10.2. The number of rotatable bonds is 8. The van der Waals surface area contributed by atoms with Crippen molar-refractivity contribution in [3.63, 3.8) is 0 Å². The van der Waals surface area contributed by atoms with Crippen LogP contribution in [0.2, 0.25) is 0 Å². The quantitative estimate of drug-likeness (QED) is 0.688. The number of hydrogen-bond donors (Lipinski definition) is 2. The van der Waals surface area contributed by atoms with Crippen molar-refractivity contribution in [3.05, 3.63) is 35.9 Å². The Morgan fingerprint density at radius 3 is 2.76 bits per heavy atom. The lowest BCUT2D eigenvalue weighted by atomic mass is 10.1. The smallest absolute Gasteiger partial charge is 0.230 e. The van der Waals surface area contributed by atoms with E-state index in [1.165, 1.54) is 5.56 Å². The summed E-state index contributed by atoms with van der Waals surface area (Å²) >= 11 is 1.64. The van der Waals surface area contributed by atoms with Gasteiger partial charge in [-0.1, -0.05) is 30.3 Å². The van der Waals surface area contributed by atoms with Crippen molar-refractivity contribution in [2.45, 2.75) is 12.8 Å². The molecule has 1 aromatic rings. The number of carbonyl (C=O) groups excluding carboxylic acids is 1. The van der Waals surface area contributed by atoms with Crippen LogP contribution in [0.5, 0.6) is 0 Å². The molecule has 4 heteroatoms. The molecule has 3 nitrogen and oxygen atoms in total. The van der Waals surface area contributed by atoms with E-state index in [2.05, 4.69) is 17.4 Å². The van der Waals surface area contributed by atoms with Crippen molar-refractivity contribution in [2.75, 3.05) is 24.6 Å². The van der Waals surface area contributed by atoms with Gasteiger partial charge in [-0.15, -0.1) is 0 Å². The van der Waals surface area contributed by atoms with Gasteiger partial charge in [0, 0.05) is 6.54 Å². The minimum atomic E-state index is 0.114. The van der Waals surface area contributed by atoms with Gasteiger partial charge >= 0.3 is 0 Å². The summed E-state index contributed by atoms with van der Waals surface area (Å²) in [6.45, 7) is 1.41. The largest absolute Gasteiger partial charge is 0.355 e. The zero-order chi connectivity index (χ0) is 12.3. The van der Waals surface area contributed by atoms with E-state index in [0.717, 1.165) is 18.6 Å². The van der Waals surface area contributed by atoms with Crippen LogP contribution in [-0.4, -0.2) is 30.5 Å². The van der Waals surface area contributed by atoms with Crippen molar-refractivity contribution in [2.24, 2.45) is 5.73 Å². The Morgan fingerprint density at radius 1 is 1.29 bits per heavy atom. The lowest BCUT2D eigenvalue weighted by Crippen LogP contribution is -2.27. The maximum atomic E-state index is 11.4. The molecule has 1 aromatic carbocycles. The highest BCUT2D eigenvalue weighted by atomic mass is 32.2. The van der Waals surface area contributed by atoms with Gasteiger partial charge in [-0.2, -0.15) is 11.8 Å². The van der Waals surface area contributed by atoms with Crippen molar-refractivity contribution in [1.82, 2.24) is 5.32 Å². The Labute approximate surface area is 107 Å². The van der Waals surface area contributed by atoms with Crippen LogP contribution >= 0.6 is 11.8 Å². The average Bonchev–Trinajstić information content (AvgIpc) is 2.36. The molecule has 1 rings (SSSR count). The highest BCUT2D eigenvalue weighted by Gasteiger charge is 2.00. The third-order valence-corrected chi connectivity index (χ3v) is 3.35. The third-order valence-electron chi connectivity index (χ3n) is 2.30. The molecule has 3 N–H and O–H groups in total. The van der Waals surface area contributed by atoms with Crippen LogP contribution in [0.3, 0.4) is 0 Å². The highest BCUT2D eigenvalue weighted by molar-refractivity contribution is 7.99. The van der Waals surface area contributed by atoms with Gasteiger partial charge in [0.05, 0.1) is 5.75 Å². The summed E-state index contributed by atoms with van der Waals surface area (Å²) in [5.74, 6) is 1.61. The lowest BCUT2D eigenvalue weighted by Gasteiger charge is -2.05. The second-order valence-corrected chi connectivity index (χ2v) is 4.89. The van der Waals surface area contributed by atoms with Crippen LogP contribution in [0.1, 0.15) is 12.0 Å². The van der Waals surface area contributed by atoms with Gasteiger partial charge in [0.15, 0.2) is 0 Å². The monoisotopic (exact) mass is 252 g/mol. The highest BCUT2D eigenvalue weighted by Crippen LogP contribution is 2.01. The average molecular weight is 252 g/mol. The normalized spacial score (nSPS) is 10.2. The van der Waals surface area contributed by atoms with Gasteiger partial charge in [-0.3, -0.25) is 4.79 Å². The number of nitrogens with two attached hydrogens (primary N) is 1. The molecule has 1 amide bonds. The van der Waals surface area contributed by atoms with E-state index >= 15 is 0 Å². The fourth-order valence-corrected chi connectivity index (χ4v) is 2.19. The van der Waals surface area contributed by atoms with E-state index in [1.807, 2.05) is 18.2 Å². The van der Waals surface area contributed by atoms with Crippen molar-refractivity contribution < 1.29 is 4.79 Å². The van der Waals surface area contributed by atoms with E-state index < -0.39 is 0 Å². The number of hydrogen-bond acceptors (Lipinski definition) is 3. The summed E-state index contributed by atoms with van der Waals surface area (Å²) in [4.78, 5) is 11.4. The topological polar surface area (TPSA) is 55.1 Å². The van der Waals surface area contributed by atoms with Gasteiger partial charge in [-0.25, -0.2) is 0 Å². The van der Waals surface area contributed by atoms with Crippen LogP contribution in [0.15, 0.2) is 30.3 Å². The molecular formula is C13H20N2OS. The zero-order valence-corrected chi connectivity index (χ0v) is 10.8. The van der Waals surface area contributed by atoms with Crippen LogP contribution in [0.25, 0.3) is 0 Å². The minimum absolute atomic E-state index is 0.114. The molecule has 0 saturated carbocycles. The number of thioether (sulfide) groups is 1. The van der Waals surface area contributed by atoms with Crippen LogP contribution < -0.4 is 11.1 Å². The predicted octanol–water partition coefficient (Wildman–Crippen LogP) is 1.43. The summed E-state index contributed by atoms with van der Waals surface area (Å²) in [7, 11) is 0. The van der Waals surface area contributed by atoms with Crippen molar-refractivity contribution in [3.8, 4) is 0 Å². The second kappa shape index (κ2) is 9.07. The van der Waals surface area contributed by atoms with E-state index in [-0.39, 0.29) is 5.91 Å². The lowest BCUT2D eigenvalue weighted by molar-refractivity contribution is -0.118. The van der Waals surface area contributed by atoms with E-state index in [0.29, 0.717) is 18.8 Å². The first-order valence-corrected chi connectivity index (χ1v) is 7.07. The molecule has 0 saturated heterocycles. The van der Waals surface area contributed by atoms with Crippen LogP contribution in [-0.2, 0) is 11.2 Å². The second-order valence-electron chi connectivity index (χ2n) is 3.78. The molecule has 94 valence electrons. The van der Waals surface area contributed by atoms with Gasteiger partial charge < -0.3 is 11.1 Å². The minimum Gasteiger partial charge on any atom is -0.355 e. The first kappa shape index (κ1) is 14.1. The molecule has 0 aliphatic carbocycles. The first-order chi connectivity index (χ1) is 8.33. The molecular weight excluding hydrogens is 232 g/mol. The number of carbonyl (C=O) groups is 1. The van der Waals surface area contributed by atoms with Crippen molar-refractivity contribution >= 4 is 17.7 Å². The van der Waals surface area contributed by atoms with Gasteiger partial charge in [0.1, 0.15) is 0 Å². The fourth-order valence-electron chi connectivity index (χ4n) is 1.39. The number of amides is 1.